The molecule has 3 heterocycles. The molecule has 10 aromatic carbocycles. The van der Waals surface area contributed by atoms with Crippen LogP contribution in [0.25, 0.3) is 107 Å². The fourth-order valence-corrected chi connectivity index (χ4v) is 17.8. The van der Waals surface area contributed by atoms with Crippen molar-refractivity contribution < 1.29 is 44.8 Å². The van der Waals surface area contributed by atoms with Gasteiger partial charge < -0.3 is 15.3 Å². The van der Waals surface area contributed by atoms with Gasteiger partial charge in [0.2, 0.25) is 11.0 Å². The summed E-state index contributed by atoms with van der Waals surface area (Å²) in [6.07, 6.45) is 0. The Morgan fingerprint density at radius 1 is 0.379 bits per heavy atom. The number of aromatic amines is 2. The van der Waals surface area contributed by atoms with Gasteiger partial charge in [-0.25, -0.2) is 4.98 Å². The van der Waals surface area contributed by atoms with Crippen LogP contribution in [-0.2, 0) is 41.1 Å². The number of nitrogens with zero attached hydrogens (tertiary/aromatic N) is 1. The maximum absolute atomic E-state index is 13.4. The fourth-order valence-electron chi connectivity index (χ4n) is 14.4. The van der Waals surface area contributed by atoms with Gasteiger partial charge in [0.15, 0.2) is 0 Å². The van der Waals surface area contributed by atoms with Crippen LogP contribution in [0.15, 0.2) is 194 Å². The number of benzene rings is 10. The van der Waals surface area contributed by atoms with Crippen LogP contribution in [0.4, 0.5) is 0 Å². The molecular weight excluding hydrogens is 1170 g/mol. The summed E-state index contributed by atoms with van der Waals surface area (Å²) >= 11 is 4.99. The van der Waals surface area contributed by atoms with Gasteiger partial charge in [-0.05, 0) is 120 Å². The Balaban J connectivity index is 0.000000127. The van der Waals surface area contributed by atoms with Crippen LogP contribution < -0.4 is 20.2 Å². The zero-order valence-electron chi connectivity index (χ0n) is 50.0. The molecule has 87 heavy (non-hydrogen) atoms. The molecule has 412 valence electrons. The van der Waals surface area contributed by atoms with Crippen molar-refractivity contribution in [2.24, 2.45) is 0 Å². The maximum Gasteiger partial charge on any atom is 2.00 e. The minimum Gasteiger partial charge on any atom is -0.872 e. The molecular formula is C75H59Be2N3O3S3Zn+4. The number of para-hydroxylation sites is 2. The molecule has 12 heteroatoms. The molecule has 3 N–H and O–H groups in total. The van der Waals surface area contributed by atoms with E-state index in [-0.39, 0.29) is 72.9 Å². The Morgan fingerprint density at radius 3 is 1.47 bits per heavy atom. The molecule has 6 nitrogen and oxygen atoms in total. The minimum absolute atomic E-state index is 0. The van der Waals surface area contributed by atoms with E-state index in [0.29, 0.717) is 5.75 Å². The number of phenolic OH excluding ortho intramolecular Hbond substituents is 1. The number of phenols is 1. The first-order valence-corrected chi connectivity index (χ1v) is 31.1. The second kappa shape index (κ2) is 21.5. The van der Waals surface area contributed by atoms with Gasteiger partial charge in [-0.2, -0.15) is 9.97 Å². The molecule has 0 radical (unpaired) electrons. The number of fused-ring (bicyclic) bond motifs is 16. The second-order valence-electron chi connectivity index (χ2n) is 24.8. The van der Waals surface area contributed by atoms with Gasteiger partial charge in [-0.1, -0.05) is 235 Å². The number of aromatic nitrogens is 3. The molecule has 0 aliphatic heterocycles. The van der Waals surface area contributed by atoms with E-state index in [2.05, 4.69) is 187 Å². The predicted octanol–water partition coefficient (Wildman–Crippen LogP) is 17.0. The van der Waals surface area contributed by atoms with Crippen LogP contribution in [0.1, 0.15) is 99.9 Å². The first-order chi connectivity index (χ1) is 40.4. The monoisotopic (exact) mass is 1230 g/mol. The Labute approximate surface area is 539 Å². The Bertz CT molecular complexity index is 4690. The number of thiazole rings is 3. The molecule has 4 aliphatic carbocycles. The van der Waals surface area contributed by atoms with E-state index in [4.69, 9.17) is 4.98 Å². The second-order valence-corrected chi connectivity index (χ2v) is 27.9. The number of H-pyrrole nitrogens is 2. The molecule has 0 bridgehead atoms. The summed E-state index contributed by atoms with van der Waals surface area (Å²) in [4.78, 5) is 11.8. The van der Waals surface area contributed by atoms with Crippen molar-refractivity contribution in [3.05, 3.63) is 239 Å². The van der Waals surface area contributed by atoms with E-state index in [0.717, 1.165) is 91.0 Å². The first-order valence-electron chi connectivity index (χ1n) is 28.7. The van der Waals surface area contributed by atoms with Crippen molar-refractivity contribution in [2.45, 2.75) is 77.0 Å². The van der Waals surface area contributed by atoms with Gasteiger partial charge in [-0.15, -0.1) is 11.3 Å². The van der Waals surface area contributed by atoms with Gasteiger partial charge >= 0.3 is 20.2 Å². The Kier molecular flexibility index (Phi) is 14.7. The van der Waals surface area contributed by atoms with Crippen molar-refractivity contribution in [1.29, 1.82) is 0 Å². The van der Waals surface area contributed by atoms with Crippen LogP contribution in [0.3, 0.4) is 0 Å². The van der Waals surface area contributed by atoms with E-state index in [1.165, 1.54) is 60.3 Å². The molecule has 3 aromatic heterocycles. The summed E-state index contributed by atoms with van der Waals surface area (Å²) in [5, 5.41) is 40.7. The molecule has 0 spiro atoms. The third-order valence-corrected chi connectivity index (χ3v) is 21.9. The standard InChI is InChI=1S/C31H25NOS.2C22H17NOS.2Be.Zn/c1-30(2)21-11-7-5-9-17(21)19-14-16-24(33)25(26(19)30)29-32-23-15-13-20-18-10-6-8-12-22(18)31(3,4)27(20)28(23)34-29;2*1-22(2)15-8-4-3-7-13(15)19-16(22)12-11-14(20(19)24)21-23-17-9-5-6-10-18(17)25-21;;;/h5-16,33H,1-4H3;2*3-12,24H,1-2H3;;;/q;;;2*+2;. The van der Waals surface area contributed by atoms with Gasteiger partial charge in [0, 0.05) is 58.8 Å². The van der Waals surface area contributed by atoms with E-state index < -0.39 is 0 Å². The Hall–Kier alpha value is -7.77. The summed E-state index contributed by atoms with van der Waals surface area (Å²) in [5.74, 6) is 0.551. The number of hydrogen-bond acceptors (Lipinski definition) is 7. The van der Waals surface area contributed by atoms with E-state index in [1.807, 2.05) is 66.7 Å². The average molecular weight is 1230 g/mol. The molecule has 0 atom stereocenters. The SMILES string of the molecule is CC1(C)c2ccccc2-c2c1ccc(-c1[nH+]c3ccccc3s1)c2[O-].CC1(C)c2ccccc2-c2c1ccc(-c1nc3ccccc3s1)c2O.CC1(C)c2ccccc2-c2ccc([O-])c(-c3[nH+]c4ccc5c(c4s3)C(C)(C)c3ccccc3-5)c21.[Be+2].[Be+2].[Zn]. The summed E-state index contributed by atoms with van der Waals surface area (Å²) < 4.78 is 3.55. The van der Waals surface area contributed by atoms with Gasteiger partial charge in [0.25, 0.3) is 10.0 Å². The van der Waals surface area contributed by atoms with Gasteiger partial charge in [-0.3, -0.25) is 0 Å². The number of nitrogens with one attached hydrogen (secondary N) is 2. The zero-order valence-corrected chi connectivity index (χ0v) is 55.4. The minimum atomic E-state index is -0.233. The maximum atomic E-state index is 13.4. The summed E-state index contributed by atoms with van der Waals surface area (Å²) in [6, 6.07) is 66.6. The molecule has 0 saturated carbocycles. The molecule has 0 saturated heterocycles. The smallest absolute Gasteiger partial charge is 0.872 e. The molecule has 0 unspecified atom stereocenters. The van der Waals surface area contributed by atoms with Gasteiger partial charge in [0.05, 0.1) is 26.9 Å². The number of rotatable bonds is 3. The molecule has 0 fully saturated rings. The number of aromatic hydroxyl groups is 1. The van der Waals surface area contributed by atoms with Crippen LogP contribution in [0.5, 0.6) is 17.2 Å². The summed E-state index contributed by atoms with van der Waals surface area (Å²) in [7, 11) is 0. The normalized spacial score (nSPS) is 14.7. The third-order valence-electron chi connectivity index (χ3n) is 18.6. The topological polar surface area (TPSA) is 108 Å². The number of hydrogen-bond donors (Lipinski definition) is 1. The van der Waals surface area contributed by atoms with Crippen LogP contribution in [0, 0.1) is 0 Å². The summed E-state index contributed by atoms with van der Waals surface area (Å²) in [6.45, 7) is 17.9. The summed E-state index contributed by atoms with van der Waals surface area (Å²) in [5.41, 5.74) is 24.0. The van der Waals surface area contributed by atoms with Crippen molar-refractivity contribution in [3.63, 3.8) is 0 Å². The largest absolute Gasteiger partial charge is 2.00 e. The average Bonchev–Trinajstić information content (AvgIpc) is 1.60. The van der Waals surface area contributed by atoms with Crippen molar-refractivity contribution in [1.82, 2.24) is 4.98 Å². The fraction of sp³-hybridized carbons (Fsp3) is 0.160. The molecule has 0 amide bonds. The van der Waals surface area contributed by atoms with Crippen molar-refractivity contribution in [2.75, 3.05) is 0 Å². The van der Waals surface area contributed by atoms with Crippen molar-refractivity contribution >= 4 is 84.9 Å². The van der Waals surface area contributed by atoms with Crippen molar-refractivity contribution in [3.8, 4) is 93.5 Å². The van der Waals surface area contributed by atoms with Crippen LogP contribution in [0.2, 0.25) is 0 Å². The molecule has 17 rings (SSSR count). The zero-order chi connectivity index (χ0) is 57.8. The van der Waals surface area contributed by atoms with Crippen LogP contribution in [-0.4, -0.2) is 30.3 Å². The predicted molar refractivity (Wildman–Crippen MR) is 355 cm³/mol. The first kappa shape index (κ1) is 59.6. The van der Waals surface area contributed by atoms with Crippen LogP contribution >= 0.6 is 34.0 Å². The van der Waals surface area contributed by atoms with Gasteiger partial charge in [0.1, 0.15) is 20.2 Å². The van der Waals surface area contributed by atoms with E-state index in [9.17, 15) is 15.3 Å². The quantitative estimate of drug-likeness (QED) is 0.178. The van der Waals surface area contributed by atoms with E-state index in [1.54, 1.807) is 40.1 Å². The molecule has 4 aliphatic rings. The Morgan fingerprint density at radius 2 is 0.851 bits per heavy atom. The van der Waals surface area contributed by atoms with E-state index >= 15 is 0 Å². The molecule has 13 aromatic rings. The third kappa shape index (κ3) is 8.88.